The lowest BCUT2D eigenvalue weighted by Gasteiger charge is -2.09. The molecule has 0 aliphatic rings. The van der Waals surface area contributed by atoms with E-state index in [0.29, 0.717) is 6.54 Å². The molecule has 1 aromatic carbocycles. The Kier molecular flexibility index (Phi) is 3.39. The largest absolute Gasteiger partial charge is 0.481 e. The van der Waals surface area contributed by atoms with Crippen molar-refractivity contribution in [1.29, 1.82) is 0 Å². The number of aromatic nitrogens is 2. The van der Waals surface area contributed by atoms with Crippen LogP contribution in [0.4, 0.5) is 4.39 Å². The number of hydrogen-bond donors (Lipinski definition) is 1. The van der Waals surface area contributed by atoms with Gasteiger partial charge in [0.25, 0.3) is 0 Å². The monoisotopic (exact) mass is 284 g/mol. The Hall–Kier alpha value is -2.69. The van der Waals surface area contributed by atoms with Crippen molar-refractivity contribution in [2.75, 3.05) is 0 Å². The summed E-state index contributed by atoms with van der Waals surface area (Å²) < 4.78 is 14.9. The number of aryl methyl sites for hydroxylation is 1. The number of hydrogen-bond acceptors (Lipinski definition) is 2. The van der Waals surface area contributed by atoms with Gasteiger partial charge in [-0.15, -0.1) is 0 Å². The molecule has 21 heavy (non-hydrogen) atoms. The van der Waals surface area contributed by atoms with Gasteiger partial charge in [-0.3, -0.25) is 4.79 Å². The molecule has 0 amide bonds. The van der Waals surface area contributed by atoms with Gasteiger partial charge in [-0.1, -0.05) is 0 Å². The van der Waals surface area contributed by atoms with Crippen LogP contribution in [0.2, 0.25) is 0 Å². The van der Waals surface area contributed by atoms with Crippen LogP contribution in [0.1, 0.15) is 6.42 Å². The van der Waals surface area contributed by atoms with Crippen LogP contribution in [0.3, 0.4) is 0 Å². The standard InChI is InChI=1S/C16H13FN2O2/c17-13-5-3-11(4-6-13)14-10-12-2-1-8-18-16(12)19(14)9-7-15(20)21/h1-6,8,10H,7,9H2,(H,20,21). The molecular formula is C16H13FN2O2. The summed E-state index contributed by atoms with van der Waals surface area (Å²) in [7, 11) is 0. The number of carboxylic acid groups (broad SMARTS) is 1. The van der Waals surface area contributed by atoms with E-state index in [1.807, 2.05) is 22.8 Å². The van der Waals surface area contributed by atoms with Crippen LogP contribution in [0.5, 0.6) is 0 Å². The molecule has 2 heterocycles. The zero-order valence-corrected chi connectivity index (χ0v) is 11.2. The molecule has 0 aliphatic carbocycles. The highest BCUT2D eigenvalue weighted by molar-refractivity contribution is 5.84. The van der Waals surface area contributed by atoms with Gasteiger partial charge in [-0.05, 0) is 48.0 Å². The van der Waals surface area contributed by atoms with Crippen LogP contribution in [0, 0.1) is 5.82 Å². The van der Waals surface area contributed by atoms with Crippen LogP contribution in [-0.4, -0.2) is 20.6 Å². The van der Waals surface area contributed by atoms with Crippen LogP contribution < -0.4 is 0 Å². The molecule has 4 nitrogen and oxygen atoms in total. The third-order valence-electron chi connectivity index (χ3n) is 3.34. The first-order chi connectivity index (χ1) is 10.1. The van der Waals surface area contributed by atoms with E-state index in [9.17, 15) is 9.18 Å². The number of carboxylic acids is 1. The summed E-state index contributed by atoms with van der Waals surface area (Å²) in [6, 6.07) is 11.8. The van der Waals surface area contributed by atoms with E-state index in [4.69, 9.17) is 5.11 Å². The lowest BCUT2D eigenvalue weighted by Crippen LogP contribution is -2.06. The second-order valence-electron chi connectivity index (χ2n) is 4.75. The lowest BCUT2D eigenvalue weighted by atomic mass is 10.1. The van der Waals surface area contributed by atoms with E-state index in [-0.39, 0.29) is 12.2 Å². The van der Waals surface area contributed by atoms with Crippen LogP contribution >= 0.6 is 0 Å². The predicted octanol–water partition coefficient (Wildman–Crippen LogP) is 3.32. The molecule has 0 atom stereocenters. The first kappa shape index (κ1) is 13.3. The molecule has 0 saturated heterocycles. The summed E-state index contributed by atoms with van der Waals surface area (Å²) >= 11 is 0. The summed E-state index contributed by atoms with van der Waals surface area (Å²) in [6.45, 7) is 0.322. The third-order valence-corrected chi connectivity index (χ3v) is 3.34. The molecule has 0 aliphatic heterocycles. The minimum absolute atomic E-state index is 0.00848. The number of halogens is 1. The fourth-order valence-corrected chi connectivity index (χ4v) is 2.38. The van der Waals surface area contributed by atoms with Gasteiger partial charge in [0.05, 0.1) is 12.1 Å². The first-order valence-corrected chi connectivity index (χ1v) is 6.57. The highest BCUT2D eigenvalue weighted by Crippen LogP contribution is 2.27. The summed E-state index contributed by atoms with van der Waals surface area (Å²) in [5.74, 6) is -1.16. The number of pyridine rings is 1. The third kappa shape index (κ3) is 2.63. The van der Waals surface area contributed by atoms with Gasteiger partial charge in [-0.25, -0.2) is 9.37 Å². The van der Waals surface area contributed by atoms with Crippen molar-refractivity contribution >= 4 is 17.0 Å². The first-order valence-electron chi connectivity index (χ1n) is 6.57. The van der Waals surface area contributed by atoms with Gasteiger partial charge in [0, 0.05) is 18.1 Å². The molecule has 0 fully saturated rings. The lowest BCUT2D eigenvalue weighted by molar-refractivity contribution is -0.137. The minimum Gasteiger partial charge on any atom is -0.481 e. The molecule has 0 radical (unpaired) electrons. The Morgan fingerprint density at radius 2 is 2.00 bits per heavy atom. The highest BCUT2D eigenvalue weighted by atomic mass is 19.1. The van der Waals surface area contributed by atoms with Crippen molar-refractivity contribution in [3.63, 3.8) is 0 Å². The van der Waals surface area contributed by atoms with Gasteiger partial charge in [0.2, 0.25) is 0 Å². The van der Waals surface area contributed by atoms with E-state index >= 15 is 0 Å². The van der Waals surface area contributed by atoms with Crippen molar-refractivity contribution in [2.45, 2.75) is 13.0 Å². The molecule has 3 rings (SSSR count). The highest BCUT2D eigenvalue weighted by Gasteiger charge is 2.12. The number of carbonyl (C=O) groups is 1. The predicted molar refractivity (Wildman–Crippen MR) is 77.4 cm³/mol. The summed E-state index contributed by atoms with van der Waals surface area (Å²) in [5.41, 5.74) is 2.41. The van der Waals surface area contributed by atoms with Crippen LogP contribution in [-0.2, 0) is 11.3 Å². The van der Waals surface area contributed by atoms with Crippen molar-refractivity contribution in [1.82, 2.24) is 9.55 Å². The summed E-state index contributed by atoms with van der Waals surface area (Å²) in [5, 5.41) is 9.83. The maximum absolute atomic E-state index is 13.1. The quantitative estimate of drug-likeness (QED) is 0.799. The molecule has 5 heteroatoms. The molecule has 1 N–H and O–H groups in total. The minimum atomic E-state index is -0.863. The summed E-state index contributed by atoms with van der Waals surface area (Å²) in [4.78, 5) is 15.2. The van der Waals surface area contributed by atoms with E-state index in [2.05, 4.69) is 4.98 Å². The average Bonchev–Trinajstić information content (AvgIpc) is 2.84. The van der Waals surface area contributed by atoms with Crippen molar-refractivity contribution in [3.05, 3.63) is 54.5 Å². The Morgan fingerprint density at radius 3 is 2.71 bits per heavy atom. The Morgan fingerprint density at radius 1 is 1.24 bits per heavy atom. The molecule has 3 aromatic rings. The normalized spacial score (nSPS) is 10.9. The summed E-state index contributed by atoms with van der Waals surface area (Å²) in [6.07, 6.45) is 1.68. The zero-order valence-electron chi connectivity index (χ0n) is 11.2. The molecular weight excluding hydrogens is 271 g/mol. The van der Waals surface area contributed by atoms with Gasteiger partial charge in [0.15, 0.2) is 0 Å². The molecule has 2 aromatic heterocycles. The van der Waals surface area contributed by atoms with Gasteiger partial charge >= 0.3 is 5.97 Å². The maximum atomic E-state index is 13.1. The SMILES string of the molecule is O=C(O)CCn1c(-c2ccc(F)cc2)cc2cccnc21. The Labute approximate surface area is 120 Å². The molecule has 0 spiro atoms. The smallest absolute Gasteiger partial charge is 0.305 e. The van der Waals surface area contributed by atoms with Crippen LogP contribution in [0.15, 0.2) is 48.7 Å². The second kappa shape index (κ2) is 5.36. The van der Waals surface area contributed by atoms with Gasteiger partial charge in [-0.2, -0.15) is 0 Å². The van der Waals surface area contributed by atoms with Crippen LogP contribution in [0.25, 0.3) is 22.3 Å². The second-order valence-corrected chi connectivity index (χ2v) is 4.75. The zero-order chi connectivity index (χ0) is 14.8. The molecule has 0 unspecified atom stereocenters. The topological polar surface area (TPSA) is 55.1 Å². The number of rotatable bonds is 4. The molecule has 0 saturated carbocycles. The maximum Gasteiger partial charge on any atom is 0.305 e. The molecule has 0 bridgehead atoms. The number of nitrogens with zero attached hydrogens (tertiary/aromatic N) is 2. The Balaban J connectivity index is 2.13. The van der Waals surface area contributed by atoms with Crippen molar-refractivity contribution in [3.8, 4) is 11.3 Å². The van der Waals surface area contributed by atoms with Crippen molar-refractivity contribution in [2.24, 2.45) is 0 Å². The number of fused-ring (bicyclic) bond motifs is 1. The van der Waals surface area contributed by atoms with Crippen molar-refractivity contribution < 1.29 is 14.3 Å². The number of aliphatic carboxylic acids is 1. The van der Waals surface area contributed by atoms with E-state index in [1.54, 1.807) is 18.3 Å². The van der Waals surface area contributed by atoms with Gasteiger partial charge in [0.1, 0.15) is 11.5 Å². The van der Waals surface area contributed by atoms with E-state index in [1.165, 1.54) is 12.1 Å². The van der Waals surface area contributed by atoms with E-state index in [0.717, 1.165) is 22.3 Å². The van der Waals surface area contributed by atoms with E-state index < -0.39 is 5.97 Å². The van der Waals surface area contributed by atoms with Gasteiger partial charge < -0.3 is 9.67 Å². The fraction of sp³-hybridized carbons (Fsp3) is 0.125. The average molecular weight is 284 g/mol. The fourth-order valence-electron chi connectivity index (χ4n) is 2.38. The Bertz CT molecular complexity index is 794. The number of benzene rings is 1. The molecule has 106 valence electrons.